The highest BCUT2D eigenvalue weighted by Gasteiger charge is 2.25. The topological polar surface area (TPSA) is 112 Å². The molecule has 1 N–H and O–H groups in total. The maximum Gasteiger partial charge on any atom is 0.273 e. The van der Waals surface area contributed by atoms with Crippen LogP contribution in [0, 0.1) is 5.92 Å². The Kier molecular flexibility index (Phi) is 8.69. The molecule has 0 saturated carbocycles. The van der Waals surface area contributed by atoms with Crippen molar-refractivity contribution in [1.29, 1.82) is 0 Å². The Morgan fingerprint density at radius 1 is 1.00 bits per heavy atom. The number of nitrogens with zero attached hydrogens (tertiary/aromatic N) is 5. The molecule has 10 nitrogen and oxygen atoms in total. The van der Waals surface area contributed by atoms with E-state index in [0.29, 0.717) is 62.4 Å². The fraction of sp³-hybridized carbons (Fsp3) is 0.577. The second-order valence-corrected chi connectivity index (χ2v) is 9.93. The third kappa shape index (κ3) is 6.90. The van der Waals surface area contributed by atoms with Gasteiger partial charge in [0.25, 0.3) is 5.56 Å². The van der Waals surface area contributed by atoms with Gasteiger partial charge in [-0.2, -0.15) is 0 Å². The minimum absolute atomic E-state index is 0.0131. The summed E-state index contributed by atoms with van der Waals surface area (Å²) >= 11 is 0. The summed E-state index contributed by atoms with van der Waals surface area (Å²) in [6.07, 6.45) is 2.60. The van der Waals surface area contributed by atoms with Crippen LogP contribution >= 0.6 is 0 Å². The number of ether oxygens (including phenoxy) is 1. The normalized spacial score (nSPS) is 16.5. The van der Waals surface area contributed by atoms with Gasteiger partial charge in [-0.3, -0.25) is 19.3 Å². The lowest BCUT2D eigenvalue weighted by Gasteiger charge is -2.35. The number of nitrogens with one attached hydrogen (secondary N) is 1. The van der Waals surface area contributed by atoms with E-state index in [1.165, 1.54) is 0 Å². The number of rotatable bonds is 9. The monoisotopic (exact) mass is 496 g/mol. The number of aromatic nitrogens is 3. The van der Waals surface area contributed by atoms with Crippen LogP contribution in [-0.4, -0.2) is 94.1 Å². The van der Waals surface area contributed by atoms with Gasteiger partial charge >= 0.3 is 0 Å². The first-order valence-corrected chi connectivity index (χ1v) is 12.9. The van der Waals surface area contributed by atoms with Gasteiger partial charge in [-0.1, -0.05) is 26.0 Å². The number of piperazine rings is 1. The maximum absolute atomic E-state index is 12.7. The van der Waals surface area contributed by atoms with Crippen LogP contribution in [0.1, 0.15) is 38.8 Å². The molecule has 1 aromatic carbocycles. The summed E-state index contributed by atoms with van der Waals surface area (Å²) < 4.78 is 5.75. The van der Waals surface area contributed by atoms with Gasteiger partial charge in [-0.05, 0) is 30.9 Å². The number of amides is 2. The highest BCUT2D eigenvalue weighted by Crippen LogP contribution is 2.20. The molecule has 36 heavy (non-hydrogen) atoms. The summed E-state index contributed by atoms with van der Waals surface area (Å²) in [7, 11) is 0. The standard InChI is InChI=1S/C26H36N6O4/c1-19(2)18-36-21-7-5-6-20(16-21)25-27-26(35)22(28-29-25)8-9-23(33)32-14-12-30(13-15-32)17-24(34)31-10-3-4-11-31/h5-7,16,19H,3-4,8-15,17-18H2,1-2H3,(H,27,29,35). The minimum Gasteiger partial charge on any atom is -0.493 e. The van der Waals surface area contributed by atoms with Gasteiger partial charge < -0.3 is 19.5 Å². The lowest BCUT2D eigenvalue weighted by molar-refractivity contribution is -0.134. The molecule has 2 aliphatic rings. The molecule has 10 heteroatoms. The van der Waals surface area contributed by atoms with Crippen molar-refractivity contribution in [3.05, 3.63) is 40.3 Å². The fourth-order valence-corrected chi connectivity index (χ4v) is 4.45. The highest BCUT2D eigenvalue weighted by molar-refractivity contribution is 5.79. The van der Waals surface area contributed by atoms with Crippen molar-refractivity contribution < 1.29 is 14.3 Å². The average Bonchev–Trinajstić information content (AvgIpc) is 3.42. The highest BCUT2D eigenvalue weighted by atomic mass is 16.5. The van der Waals surface area contributed by atoms with Crippen LogP contribution in [0.15, 0.2) is 29.1 Å². The zero-order chi connectivity index (χ0) is 25.5. The Morgan fingerprint density at radius 2 is 1.72 bits per heavy atom. The summed E-state index contributed by atoms with van der Waals surface area (Å²) in [6, 6.07) is 7.37. The van der Waals surface area contributed by atoms with Gasteiger partial charge in [0, 0.05) is 57.7 Å². The first-order chi connectivity index (χ1) is 17.4. The zero-order valence-corrected chi connectivity index (χ0v) is 21.2. The summed E-state index contributed by atoms with van der Waals surface area (Å²) in [4.78, 5) is 46.3. The van der Waals surface area contributed by atoms with E-state index in [1.54, 1.807) is 4.90 Å². The molecule has 2 aliphatic heterocycles. The Morgan fingerprint density at radius 3 is 2.42 bits per heavy atom. The smallest absolute Gasteiger partial charge is 0.273 e. The second-order valence-electron chi connectivity index (χ2n) is 9.93. The summed E-state index contributed by atoms with van der Waals surface area (Å²) in [5.74, 6) is 1.65. The molecule has 0 bridgehead atoms. The Balaban J connectivity index is 1.25. The first-order valence-electron chi connectivity index (χ1n) is 12.9. The second kappa shape index (κ2) is 12.1. The van der Waals surface area contributed by atoms with E-state index in [4.69, 9.17) is 4.74 Å². The predicted octanol–water partition coefficient (Wildman–Crippen LogP) is 1.57. The number of aryl methyl sites for hydroxylation is 1. The van der Waals surface area contributed by atoms with E-state index >= 15 is 0 Å². The van der Waals surface area contributed by atoms with Crippen molar-refractivity contribution in [3.63, 3.8) is 0 Å². The van der Waals surface area contributed by atoms with Crippen molar-refractivity contribution in [3.8, 4) is 17.1 Å². The molecule has 194 valence electrons. The molecule has 3 heterocycles. The quantitative estimate of drug-likeness (QED) is 0.561. The van der Waals surface area contributed by atoms with Crippen LogP contribution in [0.5, 0.6) is 5.75 Å². The molecule has 2 saturated heterocycles. The lowest BCUT2D eigenvalue weighted by atomic mass is 10.2. The molecule has 0 spiro atoms. The van der Waals surface area contributed by atoms with Crippen LogP contribution in [0.3, 0.4) is 0 Å². The van der Waals surface area contributed by atoms with Crippen LogP contribution in [-0.2, 0) is 16.0 Å². The van der Waals surface area contributed by atoms with Crippen molar-refractivity contribution in [2.45, 2.75) is 39.5 Å². The summed E-state index contributed by atoms with van der Waals surface area (Å²) in [5.41, 5.74) is 0.616. The molecule has 2 fully saturated rings. The van der Waals surface area contributed by atoms with Gasteiger partial charge in [0.1, 0.15) is 11.4 Å². The number of carbonyl (C=O) groups excluding carboxylic acids is 2. The lowest BCUT2D eigenvalue weighted by Crippen LogP contribution is -2.51. The number of aromatic amines is 1. The van der Waals surface area contributed by atoms with Crippen molar-refractivity contribution in [2.75, 3.05) is 52.4 Å². The van der Waals surface area contributed by atoms with Gasteiger partial charge in [0.15, 0.2) is 5.82 Å². The first kappa shape index (κ1) is 25.8. The van der Waals surface area contributed by atoms with Crippen molar-refractivity contribution >= 4 is 11.8 Å². The maximum atomic E-state index is 12.7. The van der Waals surface area contributed by atoms with Crippen LogP contribution in [0.25, 0.3) is 11.4 Å². The van der Waals surface area contributed by atoms with Crippen LogP contribution < -0.4 is 10.3 Å². The van der Waals surface area contributed by atoms with Gasteiger partial charge in [-0.25, -0.2) is 0 Å². The molecule has 2 aromatic rings. The van der Waals surface area contributed by atoms with Gasteiger partial charge in [0.2, 0.25) is 11.8 Å². The van der Waals surface area contributed by atoms with E-state index in [-0.39, 0.29) is 35.9 Å². The largest absolute Gasteiger partial charge is 0.493 e. The Labute approximate surface area is 211 Å². The summed E-state index contributed by atoms with van der Waals surface area (Å²) in [5, 5.41) is 8.28. The number of likely N-dealkylation sites (tertiary alicyclic amines) is 1. The molecule has 0 radical (unpaired) electrons. The average molecular weight is 497 g/mol. The van der Waals surface area contributed by atoms with Crippen LogP contribution in [0.4, 0.5) is 0 Å². The third-order valence-electron chi connectivity index (χ3n) is 6.57. The fourth-order valence-electron chi connectivity index (χ4n) is 4.45. The molecule has 0 aliphatic carbocycles. The number of H-pyrrole nitrogens is 1. The Bertz CT molecular complexity index is 1100. The number of benzene rings is 1. The van der Waals surface area contributed by atoms with E-state index in [9.17, 15) is 14.4 Å². The zero-order valence-electron chi connectivity index (χ0n) is 21.2. The molecule has 0 unspecified atom stereocenters. The predicted molar refractivity (Wildman–Crippen MR) is 136 cm³/mol. The molecule has 0 atom stereocenters. The molecular weight excluding hydrogens is 460 g/mol. The molecule has 1 aromatic heterocycles. The van der Waals surface area contributed by atoms with E-state index in [2.05, 4.69) is 33.9 Å². The Hall–Kier alpha value is -3.27. The van der Waals surface area contributed by atoms with Crippen molar-refractivity contribution in [1.82, 2.24) is 29.9 Å². The number of hydrogen-bond donors (Lipinski definition) is 1. The number of hydrogen-bond acceptors (Lipinski definition) is 7. The van der Waals surface area contributed by atoms with E-state index in [1.807, 2.05) is 29.2 Å². The van der Waals surface area contributed by atoms with Gasteiger partial charge in [-0.15, -0.1) is 10.2 Å². The summed E-state index contributed by atoms with van der Waals surface area (Å²) in [6.45, 7) is 9.43. The van der Waals surface area contributed by atoms with E-state index < -0.39 is 0 Å². The molecular formula is C26H36N6O4. The van der Waals surface area contributed by atoms with Crippen molar-refractivity contribution in [2.24, 2.45) is 5.92 Å². The SMILES string of the molecule is CC(C)COc1cccc(-c2nnc(CCC(=O)N3CCN(CC(=O)N4CCCC4)CC3)c(=O)[nH]2)c1. The van der Waals surface area contributed by atoms with Crippen LogP contribution in [0.2, 0.25) is 0 Å². The number of carbonyl (C=O) groups is 2. The molecule has 2 amide bonds. The van der Waals surface area contributed by atoms with E-state index in [0.717, 1.165) is 25.9 Å². The van der Waals surface area contributed by atoms with Gasteiger partial charge in [0.05, 0.1) is 13.2 Å². The third-order valence-corrected chi connectivity index (χ3v) is 6.57. The minimum atomic E-state index is -0.341. The molecule has 4 rings (SSSR count).